The number of halogens is 1. The van der Waals surface area contributed by atoms with Crippen molar-refractivity contribution in [3.8, 4) is 0 Å². The van der Waals surface area contributed by atoms with Crippen LogP contribution in [-0.2, 0) is 16.4 Å². The van der Waals surface area contributed by atoms with E-state index in [1.807, 2.05) is 0 Å². The third kappa shape index (κ3) is 3.86. The summed E-state index contributed by atoms with van der Waals surface area (Å²) >= 11 is 0. The predicted molar refractivity (Wildman–Crippen MR) is 96.0 cm³/mol. The molecule has 6 nitrogen and oxygen atoms in total. The van der Waals surface area contributed by atoms with Crippen molar-refractivity contribution in [2.24, 2.45) is 0 Å². The number of nitrogens with zero attached hydrogens (tertiary/aromatic N) is 1. The summed E-state index contributed by atoms with van der Waals surface area (Å²) in [5.74, 6) is -0.844. The minimum Gasteiger partial charge on any atom is -0.387 e. The SMILES string of the molecule is CS(=O)(=O)N1CCc2cc(C(=O)NC[C@H](O)c3cccc(F)c3)ccc21. The fraction of sp³-hybridized carbons (Fsp3) is 0.278. The Kier molecular flexibility index (Phi) is 4.97. The summed E-state index contributed by atoms with van der Waals surface area (Å²) in [6.45, 7) is 0.298. The highest BCUT2D eigenvalue weighted by Gasteiger charge is 2.26. The number of aliphatic hydroxyl groups is 1. The molecule has 0 spiro atoms. The zero-order valence-electron chi connectivity index (χ0n) is 14.1. The molecule has 1 amide bonds. The van der Waals surface area contributed by atoms with Gasteiger partial charge in [0.15, 0.2) is 0 Å². The van der Waals surface area contributed by atoms with E-state index in [-0.39, 0.29) is 12.5 Å². The molecule has 2 aromatic carbocycles. The first-order valence-electron chi connectivity index (χ1n) is 8.08. The molecule has 138 valence electrons. The number of amides is 1. The van der Waals surface area contributed by atoms with Crippen molar-refractivity contribution in [2.75, 3.05) is 23.7 Å². The maximum Gasteiger partial charge on any atom is 0.251 e. The average molecular weight is 378 g/mol. The van der Waals surface area contributed by atoms with Crippen LogP contribution < -0.4 is 9.62 Å². The molecule has 0 saturated carbocycles. The van der Waals surface area contributed by atoms with E-state index in [1.54, 1.807) is 24.3 Å². The predicted octanol–water partition coefficient (Wildman–Crippen LogP) is 1.61. The molecule has 1 heterocycles. The first-order valence-corrected chi connectivity index (χ1v) is 9.93. The summed E-state index contributed by atoms with van der Waals surface area (Å²) in [7, 11) is -3.34. The van der Waals surface area contributed by atoms with Gasteiger partial charge in [-0.25, -0.2) is 12.8 Å². The first-order chi connectivity index (χ1) is 12.3. The number of carbonyl (C=O) groups is 1. The quantitative estimate of drug-likeness (QED) is 0.828. The molecule has 0 aromatic heterocycles. The lowest BCUT2D eigenvalue weighted by molar-refractivity contribution is 0.0916. The van der Waals surface area contributed by atoms with Crippen molar-refractivity contribution in [3.05, 3.63) is 65.0 Å². The molecule has 3 rings (SSSR count). The Balaban J connectivity index is 1.68. The number of rotatable bonds is 5. The van der Waals surface area contributed by atoms with E-state index < -0.39 is 21.9 Å². The van der Waals surface area contributed by atoms with Gasteiger partial charge in [0, 0.05) is 18.7 Å². The van der Waals surface area contributed by atoms with E-state index in [2.05, 4.69) is 5.32 Å². The van der Waals surface area contributed by atoms with Crippen molar-refractivity contribution in [2.45, 2.75) is 12.5 Å². The Bertz CT molecular complexity index is 946. The summed E-state index contributed by atoms with van der Waals surface area (Å²) < 4.78 is 38.0. The summed E-state index contributed by atoms with van der Waals surface area (Å²) in [5.41, 5.74) is 2.13. The number of hydrogen-bond acceptors (Lipinski definition) is 4. The number of benzene rings is 2. The molecule has 2 aromatic rings. The van der Waals surface area contributed by atoms with E-state index in [4.69, 9.17) is 0 Å². The van der Waals surface area contributed by atoms with Crippen molar-refractivity contribution in [1.82, 2.24) is 5.32 Å². The lowest BCUT2D eigenvalue weighted by atomic mass is 10.1. The Morgan fingerprint density at radius 1 is 1.31 bits per heavy atom. The molecular formula is C18H19FN2O4S. The van der Waals surface area contributed by atoms with Crippen molar-refractivity contribution in [1.29, 1.82) is 0 Å². The summed E-state index contributed by atoms with van der Waals surface area (Å²) in [4.78, 5) is 12.3. The normalized spacial score (nSPS) is 14.8. The Hall–Kier alpha value is -2.45. The number of aliphatic hydroxyl groups excluding tert-OH is 1. The van der Waals surface area contributed by atoms with Crippen LogP contribution in [-0.4, -0.2) is 38.8 Å². The zero-order valence-corrected chi connectivity index (χ0v) is 15.0. The number of anilines is 1. The van der Waals surface area contributed by atoms with Gasteiger partial charge in [0.25, 0.3) is 5.91 Å². The number of carbonyl (C=O) groups excluding carboxylic acids is 1. The van der Waals surface area contributed by atoms with E-state index in [1.165, 1.54) is 22.5 Å². The molecule has 0 radical (unpaired) electrons. The summed E-state index contributed by atoms with van der Waals surface area (Å²) in [6.07, 6.45) is 0.663. The standard InChI is InChI=1S/C18H19FN2O4S/c1-26(24,25)21-8-7-12-9-14(5-6-16(12)21)18(23)20-11-17(22)13-3-2-4-15(19)10-13/h2-6,9-10,17,22H,7-8,11H2,1H3,(H,20,23)/t17-/m0/s1. The van der Waals surface area contributed by atoms with Gasteiger partial charge >= 0.3 is 0 Å². The van der Waals surface area contributed by atoms with Crippen molar-refractivity contribution in [3.63, 3.8) is 0 Å². The van der Waals surface area contributed by atoms with Gasteiger partial charge in [0.05, 0.1) is 18.0 Å². The lowest BCUT2D eigenvalue weighted by Crippen LogP contribution is -2.29. The number of nitrogens with one attached hydrogen (secondary N) is 1. The monoisotopic (exact) mass is 378 g/mol. The molecule has 0 aliphatic carbocycles. The first kappa shape index (κ1) is 18.3. The van der Waals surface area contributed by atoms with Crippen LogP contribution in [0.2, 0.25) is 0 Å². The van der Waals surface area contributed by atoms with Gasteiger partial charge in [0.1, 0.15) is 5.82 Å². The molecular weight excluding hydrogens is 359 g/mol. The molecule has 1 aliphatic heterocycles. The minimum atomic E-state index is -3.34. The fourth-order valence-electron chi connectivity index (χ4n) is 2.98. The van der Waals surface area contributed by atoms with Gasteiger partial charge in [0.2, 0.25) is 10.0 Å². The number of hydrogen-bond donors (Lipinski definition) is 2. The smallest absolute Gasteiger partial charge is 0.251 e. The van der Waals surface area contributed by atoms with Gasteiger partial charge in [-0.15, -0.1) is 0 Å². The van der Waals surface area contributed by atoms with Crippen molar-refractivity contribution >= 4 is 21.6 Å². The maximum atomic E-state index is 13.2. The van der Waals surface area contributed by atoms with Gasteiger partial charge < -0.3 is 10.4 Å². The molecule has 26 heavy (non-hydrogen) atoms. The highest BCUT2D eigenvalue weighted by atomic mass is 32.2. The fourth-order valence-corrected chi connectivity index (χ4v) is 3.94. The molecule has 2 N–H and O–H groups in total. The number of fused-ring (bicyclic) bond motifs is 1. The van der Waals surface area contributed by atoms with E-state index in [9.17, 15) is 22.7 Å². The highest BCUT2D eigenvalue weighted by Crippen LogP contribution is 2.30. The zero-order chi connectivity index (χ0) is 18.9. The van der Waals surface area contributed by atoms with Crippen LogP contribution in [0.15, 0.2) is 42.5 Å². The highest BCUT2D eigenvalue weighted by molar-refractivity contribution is 7.92. The van der Waals surface area contributed by atoms with E-state index in [0.717, 1.165) is 11.8 Å². The molecule has 0 saturated heterocycles. The van der Waals surface area contributed by atoms with Gasteiger partial charge in [-0.1, -0.05) is 12.1 Å². The van der Waals surface area contributed by atoms with Crippen LogP contribution in [0.4, 0.5) is 10.1 Å². The Labute approximate surface area is 151 Å². The Morgan fingerprint density at radius 3 is 2.77 bits per heavy atom. The minimum absolute atomic E-state index is 0.0607. The van der Waals surface area contributed by atoms with Crippen molar-refractivity contribution < 1.29 is 22.7 Å². The third-order valence-corrected chi connectivity index (χ3v) is 5.46. The van der Waals surface area contributed by atoms with Crippen LogP contribution in [0.5, 0.6) is 0 Å². The van der Waals surface area contributed by atoms with Crippen LogP contribution in [0.3, 0.4) is 0 Å². The summed E-state index contributed by atoms with van der Waals surface area (Å²) in [5, 5.41) is 12.7. The Morgan fingerprint density at radius 2 is 2.08 bits per heavy atom. The molecule has 0 unspecified atom stereocenters. The largest absolute Gasteiger partial charge is 0.387 e. The second-order valence-corrected chi connectivity index (χ2v) is 8.12. The van der Waals surface area contributed by atoms with E-state index >= 15 is 0 Å². The summed E-state index contributed by atoms with van der Waals surface area (Å²) in [6, 6.07) is 10.4. The van der Waals surface area contributed by atoms with Crippen LogP contribution in [0.1, 0.15) is 27.6 Å². The topological polar surface area (TPSA) is 86.7 Å². The van der Waals surface area contributed by atoms with Gasteiger partial charge in [-0.05, 0) is 47.9 Å². The second kappa shape index (κ2) is 7.05. The molecule has 1 atom stereocenters. The third-order valence-electron chi connectivity index (χ3n) is 4.28. The lowest BCUT2D eigenvalue weighted by Gasteiger charge is -2.16. The van der Waals surface area contributed by atoms with Crippen LogP contribution >= 0.6 is 0 Å². The van der Waals surface area contributed by atoms with E-state index in [0.29, 0.717) is 29.8 Å². The molecule has 8 heteroatoms. The van der Waals surface area contributed by atoms with Crippen LogP contribution in [0.25, 0.3) is 0 Å². The van der Waals surface area contributed by atoms with Gasteiger partial charge in [-0.3, -0.25) is 9.10 Å². The second-order valence-electron chi connectivity index (χ2n) is 6.21. The molecule has 0 fully saturated rings. The average Bonchev–Trinajstić information content (AvgIpc) is 3.02. The molecule has 0 bridgehead atoms. The van der Waals surface area contributed by atoms with Crippen LogP contribution in [0, 0.1) is 5.82 Å². The maximum absolute atomic E-state index is 13.2. The van der Waals surface area contributed by atoms with Gasteiger partial charge in [-0.2, -0.15) is 0 Å². The number of sulfonamides is 1. The molecule has 1 aliphatic rings.